The monoisotopic (exact) mass is 179 g/mol. The molecule has 1 amide bonds. The van der Waals surface area contributed by atoms with Gasteiger partial charge < -0.3 is 5.32 Å². The number of hydrogen-bond acceptors (Lipinski definition) is 2. The smallest absolute Gasteiger partial charge is 0.228 e. The molecule has 1 fully saturated rings. The van der Waals surface area contributed by atoms with Gasteiger partial charge in [0, 0.05) is 19.0 Å². The van der Waals surface area contributed by atoms with Crippen molar-refractivity contribution in [2.45, 2.75) is 13.3 Å². The highest BCUT2D eigenvalue weighted by Gasteiger charge is 2.39. The molecule has 1 aliphatic carbocycles. The first-order valence-electron chi connectivity index (χ1n) is 4.47. The minimum absolute atomic E-state index is 0.121. The molecule has 0 saturated heterocycles. The molecule has 4 nitrogen and oxygen atoms in total. The molecule has 0 unspecified atom stereocenters. The number of amides is 1. The summed E-state index contributed by atoms with van der Waals surface area (Å²) < 4.78 is 1.66. The van der Waals surface area contributed by atoms with Crippen LogP contribution in [0, 0.1) is 11.8 Å². The van der Waals surface area contributed by atoms with E-state index in [1.807, 2.05) is 7.05 Å². The average molecular weight is 179 g/mol. The van der Waals surface area contributed by atoms with Gasteiger partial charge in [0.25, 0.3) is 0 Å². The Morgan fingerprint density at radius 2 is 2.46 bits per heavy atom. The van der Waals surface area contributed by atoms with Crippen LogP contribution >= 0.6 is 0 Å². The van der Waals surface area contributed by atoms with E-state index in [1.165, 1.54) is 0 Å². The molecule has 0 aromatic carbocycles. The molecular weight excluding hydrogens is 166 g/mol. The van der Waals surface area contributed by atoms with Crippen LogP contribution in [0.15, 0.2) is 12.3 Å². The van der Waals surface area contributed by atoms with E-state index in [2.05, 4.69) is 17.3 Å². The molecule has 70 valence electrons. The number of rotatable bonds is 2. The molecule has 1 aromatic heterocycles. The third-order valence-corrected chi connectivity index (χ3v) is 2.52. The largest absolute Gasteiger partial charge is 0.311 e. The Bertz CT molecular complexity index is 331. The fourth-order valence-electron chi connectivity index (χ4n) is 1.40. The number of nitrogens with zero attached hydrogens (tertiary/aromatic N) is 2. The summed E-state index contributed by atoms with van der Waals surface area (Å²) in [5.41, 5.74) is 0. The Balaban J connectivity index is 1.99. The van der Waals surface area contributed by atoms with Gasteiger partial charge in [-0.3, -0.25) is 9.48 Å². The molecule has 1 aliphatic rings. The van der Waals surface area contributed by atoms with Gasteiger partial charge in [0.2, 0.25) is 5.91 Å². The fourth-order valence-corrected chi connectivity index (χ4v) is 1.40. The van der Waals surface area contributed by atoms with Crippen LogP contribution in [-0.4, -0.2) is 15.7 Å². The zero-order chi connectivity index (χ0) is 9.42. The Morgan fingerprint density at radius 3 is 2.92 bits per heavy atom. The van der Waals surface area contributed by atoms with Gasteiger partial charge in [-0.2, -0.15) is 5.10 Å². The second-order valence-corrected chi connectivity index (χ2v) is 3.65. The van der Waals surface area contributed by atoms with Crippen molar-refractivity contribution in [3.05, 3.63) is 12.3 Å². The van der Waals surface area contributed by atoms with Crippen LogP contribution < -0.4 is 5.32 Å². The van der Waals surface area contributed by atoms with Crippen LogP contribution in [0.4, 0.5) is 5.82 Å². The number of anilines is 1. The number of nitrogens with one attached hydrogen (secondary N) is 1. The summed E-state index contributed by atoms with van der Waals surface area (Å²) in [5, 5.41) is 6.81. The summed E-state index contributed by atoms with van der Waals surface area (Å²) in [5.74, 6) is 1.66. The number of hydrogen-bond donors (Lipinski definition) is 1. The number of aryl methyl sites for hydroxylation is 1. The van der Waals surface area contributed by atoms with Crippen LogP contribution in [0.25, 0.3) is 0 Å². The highest BCUT2D eigenvalue weighted by atomic mass is 16.2. The first-order valence-corrected chi connectivity index (χ1v) is 4.47. The van der Waals surface area contributed by atoms with E-state index in [4.69, 9.17) is 0 Å². The highest BCUT2D eigenvalue weighted by Crippen LogP contribution is 2.38. The van der Waals surface area contributed by atoms with E-state index < -0.39 is 0 Å². The third-order valence-electron chi connectivity index (χ3n) is 2.52. The van der Waals surface area contributed by atoms with E-state index in [9.17, 15) is 4.79 Å². The molecule has 0 bridgehead atoms. The highest BCUT2D eigenvalue weighted by molar-refractivity contribution is 5.93. The molecule has 2 atom stereocenters. The van der Waals surface area contributed by atoms with E-state index in [0.29, 0.717) is 5.92 Å². The Kier molecular flexibility index (Phi) is 1.83. The number of aromatic nitrogens is 2. The van der Waals surface area contributed by atoms with Gasteiger partial charge in [0.15, 0.2) is 0 Å². The maximum Gasteiger partial charge on any atom is 0.228 e. The minimum atomic E-state index is 0.121. The Hall–Kier alpha value is -1.32. The summed E-state index contributed by atoms with van der Waals surface area (Å²) in [6, 6.07) is 1.80. The fraction of sp³-hybridized carbons (Fsp3) is 0.556. The molecule has 1 heterocycles. The SMILES string of the molecule is C[C@H]1C[C@@H]1C(=O)Nc1ccnn1C. The van der Waals surface area contributed by atoms with Crippen LogP contribution in [0.2, 0.25) is 0 Å². The summed E-state index contributed by atoms with van der Waals surface area (Å²) in [4.78, 5) is 11.5. The third kappa shape index (κ3) is 1.56. The van der Waals surface area contributed by atoms with Crippen molar-refractivity contribution in [3.8, 4) is 0 Å². The molecule has 1 saturated carbocycles. The van der Waals surface area contributed by atoms with E-state index in [1.54, 1.807) is 16.9 Å². The topological polar surface area (TPSA) is 46.9 Å². The molecule has 0 spiro atoms. The van der Waals surface area contributed by atoms with Gasteiger partial charge in [-0.15, -0.1) is 0 Å². The summed E-state index contributed by atoms with van der Waals surface area (Å²) in [6.45, 7) is 2.09. The van der Waals surface area contributed by atoms with Crippen molar-refractivity contribution in [2.75, 3.05) is 5.32 Å². The van der Waals surface area contributed by atoms with Crippen LogP contribution in [0.5, 0.6) is 0 Å². The maximum atomic E-state index is 11.5. The second-order valence-electron chi connectivity index (χ2n) is 3.65. The van der Waals surface area contributed by atoms with Crippen LogP contribution in [-0.2, 0) is 11.8 Å². The van der Waals surface area contributed by atoms with E-state index >= 15 is 0 Å². The van der Waals surface area contributed by atoms with Gasteiger partial charge in [-0.1, -0.05) is 6.92 Å². The quantitative estimate of drug-likeness (QED) is 0.736. The summed E-state index contributed by atoms with van der Waals surface area (Å²) in [7, 11) is 1.81. The molecule has 0 radical (unpaired) electrons. The Labute approximate surface area is 76.9 Å². The molecule has 2 rings (SSSR count). The lowest BCUT2D eigenvalue weighted by Crippen LogP contribution is -2.16. The summed E-state index contributed by atoms with van der Waals surface area (Å²) in [6.07, 6.45) is 2.69. The normalized spacial score (nSPS) is 25.7. The first kappa shape index (κ1) is 8.29. The lowest BCUT2D eigenvalue weighted by Gasteiger charge is -2.03. The molecule has 0 aliphatic heterocycles. The van der Waals surface area contributed by atoms with Crippen LogP contribution in [0.1, 0.15) is 13.3 Å². The van der Waals surface area contributed by atoms with Gasteiger partial charge in [-0.25, -0.2) is 0 Å². The lowest BCUT2D eigenvalue weighted by atomic mass is 10.3. The Morgan fingerprint density at radius 1 is 1.77 bits per heavy atom. The molecule has 1 N–H and O–H groups in total. The minimum Gasteiger partial charge on any atom is -0.311 e. The van der Waals surface area contributed by atoms with Gasteiger partial charge in [0.05, 0.1) is 6.20 Å². The standard InChI is InChI=1S/C9H13N3O/c1-6-5-7(6)9(13)11-8-3-4-10-12(8)2/h3-4,6-7H,5H2,1-2H3,(H,11,13)/t6-,7-/m0/s1. The maximum absolute atomic E-state index is 11.5. The average Bonchev–Trinajstić information content (AvgIpc) is 2.68. The van der Waals surface area contributed by atoms with Crippen molar-refractivity contribution < 1.29 is 4.79 Å². The predicted octanol–water partition coefficient (Wildman–Crippen LogP) is 1.01. The van der Waals surface area contributed by atoms with Gasteiger partial charge >= 0.3 is 0 Å². The van der Waals surface area contributed by atoms with Crippen molar-refractivity contribution in [1.29, 1.82) is 0 Å². The van der Waals surface area contributed by atoms with Crippen molar-refractivity contribution in [3.63, 3.8) is 0 Å². The second kappa shape index (κ2) is 2.87. The molecule has 13 heavy (non-hydrogen) atoms. The summed E-state index contributed by atoms with van der Waals surface area (Å²) >= 11 is 0. The lowest BCUT2D eigenvalue weighted by molar-refractivity contribution is -0.117. The molecular formula is C9H13N3O. The van der Waals surface area contributed by atoms with E-state index in [-0.39, 0.29) is 11.8 Å². The number of carbonyl (C=O) groups excluding carboxylic acids is 1. The van der Waals surface area contributed by atoms with Crippen molar-refractivity contribution >= 4 is 11.7 Å². The number of carbonyl (C=O) groups is 1. The predicted molar refractivity (Wildman–Crippen MR) is 49.1 cm³/mol. The molecule has 1 aromatic rings. The van der Waals surface area contributed by atoms with Crippen molar-refractivity contribution in [1.82, 2.24) is 9.78 Å². The van der Waals surface area contributed by atoms with Gasteiger partial charge in [-0.05, 0) is 12.3 Å². The van der Waals surface area contributed by atoms with E-state index in [0.717, 1.165) is 12.2 Å². The first-order chi connectivity index (χ1) is 6.18. The zero-order valence-electron chi connectivity index (χ0n) is 7.82. The van der Waals surface area contributed by atoms with Crippen molar-refractivity contribution in [2.24, 2.45) is 18.9 Å². The van der Waals surface area contributed by atoms with Gasteiger partial charge in [0.1, 0.15) is 5.82 Å². The molecule has 4 heteroatoms. The van der Waals surface area contributed by atoms with Crippen LogP contribution in [0.3, 0.4) is 0 Å². The zero-order valence-corrected chi connectivity index (χ0v) is 7.82.